The first-order chi connectivity index (χ1) is 6.29. The highest BCUT2D eigenvalue weighted by Gasteiger charge is 2.13. The van der Waals surface area contributed by atoms with Gasteiger partial charge in [0.2, 0.25) is 0 Å². The molecule has 4 heteroatoms. The summed E-state index contributed by atoms with van der Waals surface area (Å²) >= 11 is 0. The Hall–Kier alpha value is -1.71. The van der Waals surface area contributed by atoms with Crippen LogP contribution < -0.4 is 16.4 Å². The molecule has 2 rings (SSSR count). The van der Waals surface area contributed by atoms with Crippen LogP contribution in [0.1, 0.15) is 0 Å². The van der Waals surface area contributed by atoms with Crippen molar-refractivity contribution in [3.05, 3.63) is 18.2 Å². The van der Waals surface area contributed by atoms with Crippen LogP contribution in [0, 0.1) is 0 Å². The van der Waals surface area contributed by atoms with Crippen LogP contribution in [0.5, 0.6) is 0 Å². The van der Waals surface area contributed by atoms with Crippen molar-refractivity contribution >= 4 is 23.4 Å². The topological polar surface area (TPSA) is 67.6 Å². The predicted molar refractivity (Wildman–Crippen MR) is 56.0 cm³/mol. The fourth-order valence-corrected chi connectivity index (χ4v) is 1.46. The highest BCUT2D eigenvalue weighted by atomic mass is 15.2. The van der Waals surface area contributed by atoms with Gasteiger partial charge in [0, 0.05) is 6.54 Å². The molecular weight excluding hydrogens is 164 g/mol. The average molecular weight is 176 g/mol. The zero-order valence-electron chi connectivity index (χ0n) is 7.27. The lowest BCUT2D eigenvalue weighted by Gasteiger charge is -2.18. The Kier molecular flexibility index (Phi) is 1.81. The number of hydrogen-bond acceptors (Lipinski definition) is 4. The first kappa shape index (κ1) is 7.91. The Morgan fingerprint density at radius 1 is 1.23 bits per heavy atom. The second kappa shape index (κ2) is 2.97. The third-order valence-electron chi connectivity index (χ3n) is 2.08. The van der Waals surface area contributed by atoms with Gasteiger partial charge in [-0.3, -0.25) is 4.99 Å². The maximum absolute atomic E-state index is 5.82. The molecule has 1 aromatic carbocycles. The Morgan fingerprint density at radius 3 is 2.46 bits per heavy atom. The summed E-state index contributed by atoms with van der Waals surface area (Å²) in [6, 6.07) is 5.54. The van der Waals surface area contributed by atoms with E-state index in [-0.39, 0.29) is 0 Å². The number of nitrogens with zero attached hydrogens (tertiary/aromatic N) is 2. The molecule has 4 N–H and O–H groups in total. The number of anilines is 3. The van der Waals surface area contributed by atoms with Crippen molar-refractivity contribution in [2.24, 2.45) is 4.99 Å². The summed E-state index contributed by atoms with van der Waals surface area (Å²) < 4.78 is 0. The molecule has 0 unspecified atom stereocenters. The summed E-state index contributed by atoms with van der Waals surface area (Å²) in [7, 11) is 0. The van der Waals surface area contributed by atoms with Crippen molar-refractivity contribution in [3.63, 3.8) is 0 Å². The monoisotopic (exact) mass is 176 g/mol. The van der Waals surface area contributed by atoms with Gasteiger partial charge < -0.3 is 16.4 Å². The second-order valence-electron chi connectivity index (χ2n) is 3.00. The van der Waals surface area contributed by atoms with E-state index in [0.29, 0.717) is 11.4 Å². The van der Waals surface area contributed by atoms with Crippen molar-refractivity contribution in [3.8, 4) is 0 Å². The van der Waals surface area contributed by atoms with Crippen molar-refractivity contribution in [2.75, 3.05) is 29.5 Å². The van der Waals surface area contributed by atoms with Gasteiger partial charge in [-0.15, -0.1) is 0 Å². The van der Waals surface area contributed by atoms with Gasteiger partial charge in [0.1, 0.15) is 0 Å². The Balaban J connectivity index is 2.43. The highest BCUT2D eigenvalue weighted by molar-refractivity contribution is 5.92. The van der Waals surface area contributed by atoms with Crippen molar-refractivity contribution in [1.29, 1.82) is 0 Å². The zero-order valence-corrected chi connectivity index (χ0v) is 7.27. The quantitative estimate of drug-likeness (QED) is 0.619. The Bertz CT molecular complexity index is 325. The van der Waals surface area contributed by atoms with Gasteiger partial charge in [-0.25, -0.2) is 0 Å². The minimum Gasteiger partial charge on any atom is -0.397 e. The van der Waals surface area contributed by atoms with E-state index >= 15 is 0 Å². The van der Waals surface area contributed by atoms with E-state index in [1.165, 1.54) is 0 Å². The van der Waals surface area contributed by atoms with Crippen molar-refractivity contribution in [1.82, 2.24) is 0 Å². The van der Waals surface area contributed by atoms with E-state index in [2.05, 4.69) is 4.99 Å². The van der Waals surface area contributed by atoms with Gasteiger partial charge in [0.25, 0.3) is 0 Å². The maximum atomic E-state index is 5.82. The van der Waals surface area contributed by atoms with Gasteiger partial charge in [-0.2, -0.15) is 0 Å². The molecule has 0 aromatic heterocycles. The molecule has 0 radical (unpaired) electrons. The lowest BCUT2D eigenvalue weighted by molar-refractivity contribution is 1.03. The molecule has 0 fully saturated rings. The normalized spacial score (nSPS) is 15.2. The van der Waals surface area contributed by atoms with Gasteiger partial charge in [0.05, 0.1) is 29.9 Å². The summed E-state index contributed by atoms with van der Waals surface area (Å²) in [5, 5.41) is 0. The minimum absolute atomic E-state index is 0.702. The predicted octanol–water partition coefficient (Wildman–Crippen LogP) is 0.699. The van der Waals surface area contributed by atoms with Crippen LogP contribution in [0.4, 0.5) is 17.1 Å². The first-order valence-corrected chi connectivity index (χ1v) is 4.19. The molecule has 68 valence electrons. The third-order valence-corrected chi connectivity index (χ3v) is 2.08. The number of aliphatic imine (C=N–C) groups is 1. The number of nitrogen functional groups attached to an aromatic ring is 2. The maximum Gasteiger partial charge on any atom is 0.0896 e. The van der Waals surface area contributed by atoms with Crippen LogP contribution in [0.3, 0.4) is 0 Å². The molecule has 1 aromatic rings. The lowest BCUT2D eigenvalue weighted by Crippen LogP contribution is -2.20. The standard InChI is InChI=1S/C9H12N4/c10-7-2-1-3-8(11)9(7)13-5-4-12-6-13/h1-3,6H,4-5,10-11H2. The number of benzene rings is 1. The second-order valence-corrected chi connectivity index (χ2v) is 3.00. The van der Waals surface area contributed by atoms with Gasteiger partial charge in [-0.05, 0) is 12.1 Å². The number of hydrogen-bond donors (Lipinski definition) is 2. The fraction of sp³-hybridized carbons (Fsp3) is 0.222. The number of rotatable bonds is 1. The molecule has 0 aliphatic carbocycles. The average Bonchev–Trinajstić information content (AvgIpc) is 2.57. The van der Waals surface area contributed by atoms with Crippen LogP contribution in [-0.2, 0) is 0 Å². The summed E-state index contributed by atoms with van der Waals surface area (Å²) in [6.45, 7) is 1.67. The molecule has 4 nitrogen and oxygen atoms in total. The Labute approximate surface area is 76.9 Å². The van der Waals surface area contributed by atoms with Crippen LogP contribution in [0.25, 0.3) is 0 Å². The zero-order chi connectivity index (χ0) is 9.26. The molecule has 1 aliphatic rings. The molecule has 0 atom stereocenters. The fourth-order valence-electron chi connectivity index (χ4n) is 1.46. The lowest BCUT2D eigenvalue weighted by atomic mass is 10.2. The van der Waals surface area contributed by atoms with Crippen LogP contribution in [-0.4, -0.2) is 19.4 Å². The third kappa shape index (κ3) is 1.30. The van der Waals surface area contributed by atoms with Crippen LogP contribution in [0.2, 0.25) is 0 Å². The molecule has 1 heterocycles. The molecule has 0 saturated heterocycles. The molecule has 0 bridgehead atoms. The van der Waals surface area contributed by atoms with E-state index in [4.69, 9.17) is 11.5 Å². The van der Waals surface area contributed by atoms with Gasteiger partial charge in [-0.1, -0.05) is 6.07 Å². The molecule has 1 aliphatic heterocycles. The molecule has 13 heavy (non-hydrogen) atoms. The SMILES string of the molecule is Nc1cccc(N)c1N1C=NCC1. The van der Waals surface area contributed by atoms with E-state index in [1.54, 1.807) is 6.34 Å². The Morgan fingerprint density at radius 2 is 1.92 bits per heavy atom. The van der Waals surface area contributed by atoms with Gasteiger partial charge >= 0.3 is 0 Å². The van der Waals surface area contributed by atoms with Crippen LogP contribution >= 0.6 is 0 Å². The van der Waals surface area contributed by atoms with Crippen molar-refractivity contribution in [2.45, 2.75) is 0 Å². The highest BCUT2D eigenvalue weighted by Crippen LogP contribution is 2.29. The van der Waals surface area contributed by atoms with Crippen molar-refractivity contribution < 1.29 is 0 Å². The molecular formula is C9H12N4. The van der Waals surface area contributed by atoms with E-state index in [9.17, 15) is 0 Å². The summed E-state index contributed by atoms with van der Waals surface area (Å²) in [5.74, 6) is 0. The summed E-state index contributed by atoms with van der Waals surface area (Å²) in [6.07, 6.45) is 1.78. The van der Waals surface area contributed by atoms with Gasteiger partial charge in [0.15, 0.2) is 0 Å². The number of para-hydroxylation sites is 1. The molecule has 0 saturated carbocycles. The summed E-state index contributed by atoms with van der Waals surface area (Å²) in [5.41, 5.74) is 13.9. The molecule has 0 spiro atoms. The largest absolute Gasteiger partial charge is 0.397 e. The number of nitrogens with two attached hydrogens (primary N) is 2. The van der Waals surface area contributed by atoms with Crippen LogP contribution in [0.15, 0.2) is 23.2 Å². The minimum atomic E-state index is 0.702. The van der Waals surface area contributed by atoms with E-state index in [1.807, 2.05) is 23.1 Å². The van der Waals surface area contributed by atoms with E-state index < -0.39 is 0 Å². The molecule has 0 amide bonds. The summed E-state index contributed by atoms with van der Waals surface area (Å²) in [4.78, 5) is 6.09. The first-order valence-electron chi connectivity index (χ1n) is 4.19. The smallest absolute Gasteiger partial charge is 0.0896 e. The van der Waals surface area contributed by atoms with E-state index in [0.717, 1.165) is 18.8 Å².